The molecular formula is C22H24N2O4. The number of carbonyl (C=O) groups is 3. The van der Waals surface area contributed by atoms with Gasteiger partial charge >= 0.3 is 5.97 Å². The molecule has 1 fully saturated rings. The molecular weight excluding hydrogens is 356 g/mol. The van der Waals surface area contributed by atoms with Crippen LogP contribution in [0.2, 0.25) is 0 Å². The minimum Gasteiger partial charge on any atom is -0.481 e. The number of benzene rings is 2. The van der Waals surface area contributed by atoms with Crippen molar-refractivity contribution < 1.29 is 19.5 Å². The van der Waals surface area contributed by atoms with Crippen molar-refractivity contribution in [3.05, 3.63) is 65.7 Å². The number of piperidine rings is 1. The number of rotatable bonds is 5. The van der Waals surface area contributed by atoms with Gasteiger partial charge in [0.1, 0.15) is 0 Å². The number of carboxylic acids is 1. The van der Waals surface area contributed by atoms with Crippen LogP contribution in [0.3, 0.4) is 0 Å². The summed E-state index contributed by atoms with van der Waals surface area (Å²) in [6.07, 6.45) is 1.25. The van der Waals surface area contributed by atoms with Crippen molar-refractivity contribution in [1.82, 2.24) is 4.90 Å². The van der Waals surface area contributed by atoms with Crippen molar-refractivity contribution in [2.24, 2.45) is 5.92 Å². The van der Waals surface area contributed by atoms with Crippen LogP contribution in [0.5, 0.6) is 0 Å². The summed E-state index contributed by atoms with van der Waals surface area (Å²) in [5, 5.41) is 11.9. The van der Waals surface area contributed by atoms with Gasteiger partial charge in [0.2, 0.25) is 5.91 Å². The van der Waals surface area contributed by atoms with E-state index in [2.05, 4.69) is 5.32 Å². The van der Waals surface area contributed by atoms with Crippen LogP contribution in [0, 0.1) is 5.92 Å². The second-order valence-corrected chi connectivity index (χ2v) is 7.10. The van der Waals surface area contributed by atoms with E-state index < -0.39 is 11.9 Å². The first-order valence-electron chi connectivity index (χ1n) is 9.43. The number of carboxylic acid groups (broad SMARTS) is 1. The molecule has 1 saturated heterocycles. The molecule has 28 heavy (non-hydrogen) atoms. The molecule has 0 aliphatic carbocycles. The molecule has 6 heteroatoms. The zero-order valence-electron chi connectivity index (χ0n) is 15.8. The zero-order chi connectivity index (χ0) is 20.1. The smallest absolute Gasteiger partial charge is 0.310 e. The number of nitrogens with zero attached hydrogens (tertiary/aromatic N) is 1. The molecule has 2 amide bonds. The SMILES string of the molecule is CC(C(=O)O)c1ccc(NC(=O)C2CCN(C(=O)c3ccccc3)CC2)cc1. The zero-order valence-corrected chi connectivity index (χ0v) is 15.8. The number of likely N-dealkylation sites (tertiary alicyclic amines) is 1. The van der Waals surface area contributed by atoms with E-state index in [4.69, 9.17) is 5.11 Å². The first kappa shape index (κ1) is 19.6. The van der Waals surface area contributed by atoms with Crippen molar-refractivity contribution in [2.75, 3.05) is 18.4 Å². The molecule has 6 nitrogen and oxygen atoms in total. The minimum absolute atomic E-state index is 0.00240. The highest BCUT2D eigenvalue weighted by Crippen LogP contribution is 2.22. The molecule has 1 aliphatic rings. The highest BCUT2D eigenvalue weighted by atomic mass is 16.4. The molecule has 3 rings (SSSR count). The summed E-state index contributed by atoms with van der Waals surface area (Å²) < 4.78 is 0. The Labute approximate surface area is 164 Å². The summed E-state index contributed by atoms with van der Waals surface area (Å²) in [6.45, 7) is 2.74. The Morgan fingerprint density at radius 1 is 1.00 bits per heavy atom. The monoisotopic (exact) mass is 380 g/mol. The summed E-state index contributed by atoms with van der Waals surface area (Å²) in [7, 11) is 0. The predicted molar refractivity (Wildman–Crippen MR) is 106 cm³/mol. The van der Waals surface area contributed by atoms with Gasteiger partial charge in [-0.25, -0.2) is 0 Å². The van der Waals surface area contributed by atoms with Gasteiger partial charge in [-0.1, -0.05) is 30.3 Å². The average Bonchev–Trinajstić information content (AvgIpc) is 2.74. The summed E-state index contributed by atoms with van der Waals surface area (Å²) >= 11 is 0. The summed E-state index contributed by atoms with van der Waals surface area (Å²) in [5.41, 5.74) is 2.01. The first-order valence-corrected chi connectivity index (χ1v) is 9.43. The van der Waals surface area contributed by atoms with E-state index in [1.165, 1.54) is 0 Å². The number of aliphatic carboxylic acids is 1. The third kappa shape index (κ3) is 4.57. The fraction of sp³-hybridized carbons (Fsp3) is 0.318. The summed E-state index contributed by atoms with van der Waals surface area (Å²) in [6, 6.07) is 16.0. The molecule has 2 aromatic carbocycles. The lowest BCUT2D eigenvalue weighted by molar-refractivity contribution is -0.138. The molecule has 0 radical (unpaired) electrons. The highest BCUT2D eigenvalue weighted by Gasteiger charge is 2.27. The van der Waals surface area contributed by atoms with Gasteiger partial charge < -0.3 is 15.3 Å². The highest BCUT2D eigenvalue weighted by molar-refractivity contribution is 5.95. The van der Waals surface area contributed by atoms with Gasteiger partial charge in [0, 0.05) is 30.3 Å². The van der Waals surface area contributed by atoms with E-state index >= 15 is 0 Å². The van der Waals surface area contributed by atoms with Gasteiger partial charge in [-0.2, -0.15) is 0 Å². The molecule has 0 aromatic heterocycles. The van der Waals surface area contributed by atoms with Crippen LogP contribution in [0.15, 0.2) is 54.6 Å². The van der Waals surface area contributed by atoms with Gasteiger partial charge in [-0.15, -0.1) is 0 Å². The maximum atomic E-state index is 12.5. The third-order valence-corrected chi connectivity index (χ3v) is 5.22. The van der Waals surface area contributed by atoms with Crippen molar-refractivity contribution in [1.29, 1.82) is 0 Å². The molecule has 1 aliphatic heterocycles. The fourth-order valence-corrected chi connectivity index (χ4v) is 3.35. The average molecular weight is 380 g/mol. The van der Waals surface area contributed by atoms with Crippen LogP contribution in [-0.2, 0) is 9.59 Å². The lowest BCUT2D eigenvalue weighted by Crippen LogP contribution is -2.41. The molecule has 1 unspecified atom stereocenters. The van der Waals surface area contributed by atoms with Crippen LogP contribution < -0.4 is 5.32 Å². The van der Waals surface area contributed by atoms with Crippen molar-refractivity contribution in [3.8, 4) is 0 Å². The molecule has 2 aromatic rings. The van der Waals surface area contributed by atoms with E-state index in [0.717, 1.165) is 0 Å². The second kappa shape index (κ2) is 8.69. The maximum absolute atomic E-state index is 12.5. The quantitative estimate of drug-likeness (QED) is 0.833. The fourth-order valence-electron chi connectivity index (χ4n) is 3.35. The van der Waals surface area contributed by atoms with Gasteiger partial charge in [0.15, 0.2) is 0 Å². The standard InChI is InChI=1S/C22H24N2O4/c1-15(22(27)28)16-7-9-19(10-8-16)23-20(25)17-11-13-24(14-12-17)21(26)18-5-3-2-4-6-18/h2-10,15,17H,11-14H2,1H3,(H,23,25)(H,27,28). The molecule has 0 saturated carbocycles. The largest absolute Gasteiger partial charge is 0.481 e. The Kier molecular flexibility index (Phi) is 6.09. The van der Waals surface area contributed by atoms with Crippen molar-refractivity contribution in [3.63, 3.8) is 0 Å². The topological polar surface area (TPSA) is 86.7 Å². The number of amides is 2. The van der Waals surface area contributed by atoms with E-state index in [1.807, 2.05) is 18.2 Å². The van der Waals surface area contributed by atoms with Gasteiger partial charge in [0.05, 0.1) is 5.92 Å². The number of carbonyl (C=O) groups excluding carboxylic acids is 2. The molecule has 0 bridgehead atoms. The Morgan fingerprint density at radius 2 is 1.61 bits per heavy atom. The Bertz CT molecular complexity index is 841. The van der Waals surface area contributed by atoms with E-state index in [9.17, 15) is 14.4 Å². The summed E-state index contributed by atoms with van der Waals surface area (Å²) in [4.78, 5) is 37.8. The molecule has 0 spiro atoms. The first-order chi connectivity index (χ1) is 13.5. The minimum atomic E-state index is -0.881. The van der Waals surface area contributed by atoms with Gasteiger partial charge in [-0.3, -0.25) is 14.4 Å². The van der Waals surface area contributed by atoms with Crippen LogP contribution in [-0.4, -0.2) is 40.9 Å². The Balaban J connectivity index is 1.53. The number of hydrogen-bond acceptors (Lipinski definition) is 3. The number of nitrogens with one attached hydrogen (secondary N) is 1. The van der Waals surface area contributed by atoms with Crippen molar-refractivity contribution in [2.45, 2.75) is 25.7 Å². The second-order valence-electron chi connectivity index (χ2n) is 7.10. The van der Waals surface area contributed by atoms with Crippen LogP contribution in [0.25, 0.3) is 0 Å². The van der Waals surface area contributed by atoms with Gasteiger partial charge in [0.25, 0.3) is 5.91 Å². The van der Waals surface area contributed by atoms with E-state index in [0.29, 0.717) is 42.7 Å². The number of anilines is 1. The van der Waals surface area contributed by atoms with Crippen LogP contribution >= 0.6 is 0 Å². The Hall–Kier alpha value is -3.15. The number of hydrogen-bond donors (Lipinski definition) is 2. The van der Waals surface area contributed by atoms with Crippen LogP contribution in [0.4, 0.5) is 5.69 Å². The van der Waals surface area contributed by atoms with E-state index in [1.54, 1.807) is 48.2 Å². The molecule has 2 N–H and O–H groups in total. The lowest BCUT2D eigenvalue weighted by Gasteiger charge is -2.31. The van der Waals surface area contributed by atoms with E-state index in [-0.39, 0.29) is 17.7 Å². The molecule has 1 atom stereocenters. The predicted octanol–water partition coefficient (Wildman–Crippen LogP) is 3.37. The third-order valence-electron chi connectivity index (χ3n) is 5.22. The van der Waals surface area contributed by atoms with Crippen molar-refractivity contribution >= 4 is 23.5 Å². The maximum Gasteiger partial charge on any atom is 0.310 e. The van der Waals surface area contributed by atoms with Gasteiger partial charge in [-0.05, 0) is 49.6 Å². The summed E-state index contributed by atoms with van der Waals surface area (Å²) in [5.74, 6) is -1.67. The lowest BCUT2D eigenvalue weighted by atomic mass is 9.95. The molecule has 1 heterocycles. The molecule has 146 valence electrons. The normalized spacial score (nSPS) is 15.7. The Morgan fingerprint density at radius 3 is 2.18 bits per heavy atom. The van der Waals surface area contributed by atoms with Crippen LogP contribution in [0.1, 0.15) is 41.6 Å².